The third-order valence-corrected chi connectivity index (χ3v) is 5.27. The molecule has 0 aliphatic rings. The highest BCUT2D eigenvalue weighted by Gasteiger charge is 2.14. The van der Waals surface area contributed by atoms with Crippen LogP contribution in [0.1, 0.15) is 22.5 Å². The van der Waals surface area contributed by atoms with Crippen LogP contribution in [0, 0.1) is 29.8 Å². The molecule has 0 aliphatic carbocycles. The molecular weight excluding hydrogens is 437 g/mol. The second-order valence-corrected chi connectivity index (χ2v) is 7.53. The topological polar surface area (TPSA) is 94.6 Å². The third-order valence-electron chi connectivity index (χ3n) is 5.27. The van der Waals surface area contributed by atoms with Gasteiger partial charge in [0.25, 0.3) is 0 Å². The lowest BCUT2D eigenvalue weighted by Gasteiger charge is -2.12. The molecule has 0 radical (unpaired) electrons. The summed E-state index contributed by atoms with van der Waals surface area (Å²) >= 11 is 0. The molecule has 9 heteroatoms. The molecule has 0 saturated carbocycles. The number of anilines is 1. The maximum absolute atomic E-state index is 13.8. The quantitative estimate of drug-likeness (QED) is 0.211. The monoisotopic (exact) mass is 459 g/mol. The molecule has 4 aromatic rings. The maximum Gasteiger partial charge on any atom is 0.313 e. The van der Waals surface area contributed by atoms with E-state index >= 15 is 0 Å². The Kier molecular flexibility index (Phi) is 6.63. The van der Waals surface area contributed by atoms with Crippen molar-refractivity contribution >= 4 is 17.7 Å². The van der Waals surface area contributed by atoms with Crippen molar-refractivity contribution in [3.05, 3.63) is 111 Å². The SMILES string of the molecule is Cc1cc(/C=N\Nc2ncccc2[N+](=O)[O-])c(C)n1-c1ccc(OCc2ccccc2F)cc1. The van der Waals surface area contributed by atoms with Crippen LogP contribution in [0.2, 0.25) is 0 Å². The number of nitrogens with zero attached hydrogens (tertiary/aromatic N) is 4. The molecular formula is C25H22FN5O3. The third kappa shape index (κ3) is 4.93. The molecule has 8 nitrogen and oxygen atoms in total. The lowest BCUT2D eigenvalue weighted by molar-refractivity contribution is -0.384. The number of hydrogen-bond donors (Lipinski definition) is 1. The first-order chi connectivity index (χ1) is 16.4. The minimum atomic E-state index is -0.513. The summed E-state index contributed by atoms with van der Waals surface area (Å²) in [7, 11) is 0. The maximum atomic E-state index is 13.8. The summed E-state index contributed by atoms with van der Waals surface area (Å²) in [5, 5.41) is 15.2. The van der Waals surface area contributed by atoms with Crippen LogP contribution in [0.4, 0.5) is 15.9 Å². The van der Waals surface area contributed by atoms with Crippen molar-refractivity contribution in [3.63, 3.8) is 0 Å². The summed E-state index contributed by atoms with van der Waals surface area (Å²) in [5.74, 6) is 0.417. The van der Waals surface area contributed by atoms with Crippen molar-refractivity contribution in [2.75, 3.05) is 5.43 Å². The largest absolute Gasteiger partial charge is 0.489 e. The fourth-order valence-electron chi connectivity index (χ4n) is 3.58. The van der Waals surface area contributed by atoms with Crippen LogP contribution in [0.25, 0.3) is 5.69 Å². The molecule has 2 aromatic carbocycles. The molecule has 0 saturated heterocycles. The van der Waals surface area contributed by atoms with Gasteiger partial charge in [-0.2, -0.15) is 5.10 Å². The van der Waals surface area contributed by atoms with Gasteiger partial charge in [-0.15, -0.1) is 0 Å². The van der Waals surface area contributed by atoms with Gasteiger partial charge < -0.3 is 9.30 Å². The first-order valence-corrected chi connectivity index (χ1v) is 10.5. The number of nitrogens with one attached hydrogen (secondary N) is 1. The lowest BCUT2D eigenvalue weighted by Crippen LogP contribution is -2.01. The smallest absolute Gasteiger partial charge is 0.313 e. The van der Waals surface area contributed by atoms with Gasteiger partial charge in [0.15, 0.2) is 0 Å². The van der Waals surface area contributed by atoms with Crippen molar-refractivity contribution in [3.8, 4) is 11.4 Å². The van der Waals surface area contributed by atoms with E-state index in [1.807, 2.05) is 44.2 Å². The molecule has 0 atom stereocenters. The standard InChI is InChI=1S/C25H22FN5O3/c1-17-14-20(15-28-29-25-24(31(32)33)8-5-13-27-25)18(2)30(17)21-9-11-22(12-10-21)34-16-19-6-3-4-7-23(19)26/h3-15H,16H2,1-2H3,(H,27,29)/b28-15-. The van der Waals surface area contributed by atoms with E-state index in [0.29, 0.717) is 11.3 Å². The first kappa shape index (κ1) is 22.7. The average Bonchev–Trinajstić information content (AvgIpc) is 3.12. The van der Waals surface area contributed by atoms with E-state index in [4.69, 9.17) is 4.74 Å². The molecule has 1 N–H and O–H groups in total. The number of hydrazone groups is 1. The van der Waals surface area contributed by atoms with Gasteiger partial charge in [0.2, 0.25) is 5.82 Å². The van der Waals surface area contributed by atoms with Gasteiger partial charge in [-0.1, -0.05) is 18.2 Å². The van der Waals surface area contributed by atoms with Crippen molar-refractivity contribution in [1.29, 1.82) is 0 Å². The zero-order valence-corrected chi connectivity index (χ0v) is 18.6. The molecule has 0 aliphatic heterocycles. The Morgan fingerprint density at radius 3 is 2.65 bits per heavy atom. The number of ether oxygens (including phenoxy) is 1. The molecule has 0 bridgehead atoms. The predicted octanol–water partition coefficient (Wildman–Crippen LogP) is 5.56. The molecule has 0 amide bonds. The number of halogens is 1. The summed E-state index contributed by atoms with van der Waals surface area (Å²) in [5.41, 5.74) is 6.70. The van der Waals surface area contributed by atoms with Gasteiger partial charge in [0.1, 0.15) is 18.2 Å². The minimum Gasteiger partial charge on any atom is -0.489 e. The van der Waals surface area contributed by atoms with Crippen LogP contribution in [0.15, 0.2) is 78.0 Å². The number of benzene rings is 2. The fraction of sp³-hybridized carbons (Fsp3) is 0.120. The van der Waals surface area contributed by atoms with Gasteiger partial charge in [-0.05, 0) is 56.3 Å². The van der Waals surface area contributed by atoms with Crippen LogP contribution in [0.3, 0.4) is 0 Å². The van der Waals surface area contributed by atoms with Crippen LogP contribution in [-0.4, -0.2) is 20.7 Å². The van der Waals surface area contributed by atoms with Crippen molar-refractivity contribution < 1.29 is 14.1 Å². The Bertz CT molecular complexity index is 1350. The molecule has 0 unspecified atom stereocenters. The van der Waals surface area contributed by atoms with Crippen molar-refractivity contribution in [2.45, 2.75) is 20.5 Å². The van der Waals surface area contributed by atoms with Gasteiger partial charge in [0.05, 0.1) is 11.1 Å². The van der Waals surface area contributed by atoms with E-state index in [2.05, 4.69) is 20.1 Å². The van der Waals surface area contributed by atoms with Gasteiger partial charge in [-0.3, -0.25) is 15.5 Å². The van der Waals surface area contributed by atoms with Crippen LogP contribution >= 0.6 is 0 Å². The number of pyridine rings is 1. The molecule has 2 aromatic heterocycles. The molecule has 4 rings (SSSR count). The Balaban J connectivity index is 1.47. The van der Waals surface area contributed by atoms with Gasteiger partial charge in [-0.25, -0.2) is 9.37 Å². The highest BCUT2D eigenvalue weighted by Crippen LogP contribution is 2.24. The van der Waals surface area contributed by atoms with E-state index < -0.39 is 4.92 Å². The summed E-state index contributed by atoms with van der Waals surface area (Å²) in [6, 6.07) is 18.9. The Labute approximate surface area is 195 Å². The second kappa shape index (κ2) is 9.95. The Morgan fingerprint density at radius 2 is 1.91 bits per heavy atom. The fourth-order valence-corrected chi connectivity index (χ4v) is 3.58. The average molecular weight is 459 g/mol. The highest BCUT2D eigenvalue weighted by molar-refractivity contribution is 5.83. The molecule has 172 valence electrons. The van der Waals surface area contributed by atoms with Crippen LogP contribution in [-0.2, 0) is 6.61 Å². The summed E-state index contributed by atoms with van der Waals surface area (Å²) in [6.45, 7) is 4.08. The van der Waals surface area contributed by atoms with E-state index in [0.717, 1.165) is 22.6 Å². The van der Waals surface area contributed by atoms with E-state index in [1.165, 1.54) is 24.4 Å². The molecule has 2 heterocycles. The zero-order chi connectivity index (χ0) is 24.1. The van der Waals surface area contributed by atoms with Crippen LogP contribution in [0.5, 0.6) is 5.75 Å². The molecule has 0 spiro atoms. The van der Waals surface area contributed by atoms with E-state index in [-0.39, 0.29) is 23.9 Å². The summed E-state index contributed by atoms with van der Waals surface area (Å²) in [4.78, 5) is 14.6. The number of aryl methyl sites for hydroxylation is 1. The molecule has 0 fully saturated rings. The van der Waals surface area contributed by atoms with Crippen molar-refractivity contribution in [1.82, 2.24) is 9.55 Å². The van der Waals surface area contributed by atoms with Gasteiger partial charge in [0, 0.05) is 40.5 Å². The lowest BCUT2D eigenvalue weighted by atomic mass is 10.2. The number of rotatable bonds is 8. The zero-order valence-electron chi connectivity index (χ0n) is 18.6. The number of nitro groups is 1. The van der Waals surface area contributed by atoms with E-state index in [1.54, 1.807) is 24.4 Å². The first-order valence-electron chi connectivity index (χ1n) is 10.5. The van der Waals surface area contributed by atoms with Crippen LogP contribution < -0.4 is 10.2 Å². The second-order valence-electron chi connectivity index (χ2n) is 7.53. The highest BCUT2D eigenvalue weighted by atomic mass is 19.1. The Hall–Kier alpha value is -4.53. The Morgan fingerprint density at radius 1 is 1.15 bits per heavy atom. The minimum absolute atomic E-state index is 0.0727. The predicted molar refractivity (Wildman–Crippen MR) is 128 cm³/mol. The molecule has 34 heavy (non-hydrogen) atoms. The number of aromatic nitrogens is 2. The summed E-state index contributed by atoms with van der Waals surface area (Å²) < 4.78 is 21.6. The number of hydrogen-bond acceptors (Lipinski definition) is 6. The summed E-state index contributed by atoms with van der Waals surface area (Å²) in [6.07, 6.45) is 3.06. The van der Waals surface area contributed by atoms with E-state index in [9.17, 15) is 14.5 Å². The van der Waals surface area contributed by atoms with Crippen molar-refractivity contribution in [2.24, 2.45) is 5.10 Å². The normalized spacial score (nSPS) is 11.0. The van der Waals surface area contributed by atoms with Gasteiger partial charge >= 0.3 is 5.69 Å².